The number of hydrogen-bond donors (Lipinski definition) is 4. The van der Waals surface area contributed by atoms with Gasteiger partial charge in [-0.15, -0.1) is 0 Å². The number of hydrogen-bond acceptors (Lipinski definition) is 4. The molecule has 6 heteroatoms. The van der Waals surface area contributed by atoms with Gasteiger partial charge in [0.05, 0.1) is 12.1 Å². The molecule has 0 aromatic carbocycles. The van der Waals surface area contributed by atoms with E-state index >= 15 is 0 Å². The van der Waals surface area contributed by atoms with Crippen LogP contribution in [0.25, 0.3) is 0 Å². The van der Waals surface area contributed by atoms with E-state index in [4.69, 9.17) is 5.11 Å². The first kappa shape index (κ1) is 13.9. The number of rotatable bonds is 4. The maximum absolute atomic E-state index is 11.8. The first-order chi connectivity index (χ1) is 7.91. The average Bonchev–Trinajstić information content (AvgIpc) is 2.24. The molecular weight excluding hydrogens is 224 g/mol. The highest BCUT2D eigenvalue weighted by Gasteiger charge is 2.30. The van der Waals surface area contributed by atoms with Crippen molar-refractivity contribution in [2.45, 2.75) is 44.9 Å². The number of aliphatic hydroxyl groups is 1. The van der Waals surface area contributed by atoms with Crippen molar-refractivity contribution in [3.05, 3.63) is 0 Å². The van der Waals surface area contributed by atoms with Gasteiger partial charge in [-0.3, -0.25) is 4.79 Å². The normalized spacial score (nSPS) is 28.2. The first-order valence-electron chi connectivity index (χ1n) is 5.86. The molecule has 1 aliphatic rings. The molecule has 4 atom stereocenters. The van der Waals surface area contributed by atoms with Gasteiger partial charge in [-0.1, -0.05) is 6.92 Å². The first-order valence-corrected chi connectivity index (χ1v) is 5.86. The van der Waals surface area contributed by atoms with Crippen molar-refractivity contribution in [2.75, 3.05) is 6.54 Å². The summed E-state index contributed by atoms with van der Waals surface area (Å²) >= 11 is 0. The molecule has 0 aromatic rings. The van der Waals surface area contributed by atoms with Crippen molar-refractivity contribution >= 4 is 11.9 Å². The van der Waals surface area contributed by atoms with Gasteiger partial charge in [0.15, 0.2) is 6.04 Å². The van der Waals surface area contributed by atoms with E-state index in [1.807, 2.05) is 0 Å². The smallest absolute Gasteiger partial charge is 0.328 e. The number of nitrogens with one attached hydrogen (secondary N) is 2. The van der Waals surface area contributed by atoms with Crippen molar-refractivity contribution in [1.82, 2.24) is 10.6 Å². The van der Waals surface area contributed by atoms with Crippen LogP contribution in [0.5, 0.6) is 0 Å². The third-order valence-electron chi connectivity index (χ3n) is 3.03. The highest BCUT2D eigenvalue weighted by Crippen LogP contribution is 2.15. The minimum atomic E-state index is -1.25. The number of aliphatic carboxylic acids is 1. The second-order valence-electron chi connectivity index (χ2n) is 4.70. The Labute approximate surface area is 100 Å². The zero-order chi connectivity index (χ0) is 13.0. The summed E-state index contributed by atoms with van der Waals surface area (Å²) in [6, 6.07) is -1.61. The van der Waals surface area contributed by atoms with Crippen LogP contribution in [-0.2, 0) is 9.59 Å². The van der Waals surface area contributed by atoms with E-state index in [2.05, 4.69) is 17.6 Å². The summed E-state index contributed by atoms with van der Waals surface area (Å²) in [6.45, 7) is 4.16. The minimum Gasteiger partial charge on any atom is -0.480 e. The molecule has 4 N–H and O–H groups in total. The molecule has 0 aromatic heterocycles. The standard InChI is InChI=1S/C11H20N2O4/c1-6-3-4-12-8(5-6)10(15)13-9(7(2)14)11(16)17/h6-9,12,14H,3-5H2,1-2H3,(H,13,15)(H,16,17). The molecule has 1 fully saturated rings. The van der Waals surface area contributed by atoms with Gasteiger partial charge in [0, 0.05) is 0 Å². The highest BCUT2D eigenvalue weighted by molar-refractivity contribution is 5.87. The highest BCUT2D eigenvalue weighted by atomic mass is 16.4. The maximum Gasteiger partial charge on any atom is 0.328 e. The lowest BCUT2D eigenvalue weighted by atomic mass is 9.93. The molecule has 17 heavy (non-hydrogen) atoms. The summed E-state index contributed by atoms with van der Waals surface area (Å²) in [5.41, 5.74) is 0. The lowest BCUT2D eigenvalue weighted by molar-refractivity contribution is -0.145. The number of aliphatic hydroxyl groups excluding tert-OH is 1. The Morgan fingerprint density at radius 3 is 2.59 bits per heavy atom. The SMILES string of the molecule is CC1CCNC(C(=O)NC(C(=O)O)C(C)O)C1. The predicted octanol–water partition coefficient (Wildman–Crippen LogP) is -0.675. The molecule has 1 saturated heterocycles. The Balaban J connectivity index is 2.54. The van der Waals surface area contributed by atoms with Crippen molar-refractivity contribution in [2.24, 2.45) is 5.92 Å². The van der Waals surface area contributed by atoms with E-state index in [0.717, 1.165) is 13.0 Å². The van der Waals surface area contributed by atoms with Crippen LogP contribution in [-0.4, -0.2) is 46.8 Å². The number of carbonyl (C=O) groups excluding carboxylic acids is 1. The Morgan fingerprint density at radius 2 is 2.12 bits per heavy atom. The quantitative estimate of drug-likeness (QED) is 0.525. The fraction of sp³-hybridized carbons (Fsp3) is 0.818. The van der Waals surface area contributed by atoms with Gasteiger partial charge in [-0.2, -0.15) is 0 Å². The van der Waals surface area contributed by atoms with Crippen molar-refractivity contribution in [1.29, 1.82) is 0 Å². The molecule has 6 nitrogen and oxygen atoms in total. The molecule has 0 bridgehead atoms. The molecule has 4 unspecified atom stereocenters. The van der Waals surface area contributed by atoms with Crippen LogP contribution in [0.15, 0.2) is 0 Å². The monoisotopic (exact) mass is 244 g/mol. The second-order valence-corrected chi connectivity index (χ2v) is 4.70. The van der Waals surface area contributed by atoms with E-state index in [0.29, 0.717) is 12.3 Å². The molecule has 1 heterocycles. The molecule has 0 aliphatic carbocycles. The van der Waals surface area contributed by atoms with Gasteiger partial charge in [0.2, 0.25) is 5.91 Å². The van der Waals surface area contributed by atoms with Crippen LogP contribution in [0.3, 0.4) is 0 Å². The summed E-state index contributed by atoms with van der Waals surface area (Å²) < 4.78 is 0. The molecular formula is C11H20N2O4. The van der Waals surface area contributed by atoms with E-state index < -0.39 is 18.1 Å². The van der Waals surface area contributed by atoms with Gasteiger partial charge < -0.3 is 20.8 Å². The maximum atomic E-state index is 11.8. The summed E-state index contributed by atoms with van der Waals surface area (Å²) in [5.74, 6) is -1.14. The number of carboxylic acid groups (broad SMARTS) is 1. The Hall–Kier alpha value is -1.14. The third kappa shape index (κ3) is 3.98. The number of piperidine rings is 1. The minimum absolute atomic E-state index is 0.357. The van der Waals surface area contributed by atoms with E-state index in [-0.39, 0.29) is 11.9 Å². The van der Waals surface area contributed by atoms with Crippen LogP contribution in [0, 0.1) is 5.92 Å². The predicted molar refractivity (Wildman–Crippen MR) is 61.4 cm³/mol. The fourth-order valence-corrected chi connectivity index (χ4v) is 1.95. The molecule has 1 rings (SSSR count). The Kier molecular flexibility index (Phi) is 4.89. The van der Waals surface area contributed by atoms with Crippen LogP contribution in [0.2, 0.25) is 0 Å². The average molecular weight is 244 g/mol. The number of amides is 1. The van der Waals surface area contributed by atoms with Gasteiger partial charge in [0.1, 0.15) is 0 Å². The van der Waals surface area contributed by atoms with Crippen LogP contribution >= 0.6 is 0 Å². The van der Waals surface area contributed by atoms with Gasteiger partial charge in [0.25, 0.3) is 0 Å². The molecule has 1 aliphatic heterocycles. The Morgan fingerprint density at radius 1 is 1.47 bits per heavy atom. The summed E-state index contributed by atoms with van der Waals surface area (Å²) in [4.78, 5) is 22.6. The number of carbonyl (C=O) groups is 2. The molecule has 98 valence electrons. The van der Waals surface area contributed by atoms with Gasteiger partial charge in [-0.25, -0.2) is 4.79 Å². The van der Waals surface area contributed by atoms with E-state index in [1.165, 1.54) is 6.92 Å². The largest absolute Gasteiger partial charge is 0.480 e. The summed E-state index contributed by atoms with van der Waals surface area (Å²) in [7, 11) is 0. The zero-order valence-corrected chi connectivity index (χ0v) is 10.1. The van der Waals surface area contributed by atoms with Crippen LogP contribution in [0.1, 0.15) is 26.7 Å². The van der Waals surface area contributed by atoms with Crippen LogP contribution < -0.4 is 10.6 Å². The van der Waals surface area contributed by atoms with Gasteiger partial charge >= 0.3 is 5.97 Å². The zero-order valence-electron chi connectivity index (χ0n) is 10.1. The fourth-order valence-electron chi connectivity index (χ4n) is 1.95. The molecule has 0 radical (unpaired) electrons. The lowest BCUT2D eigenvalue weighted by Gasteiger charge is -2.28. The second kappa shape index (κ2) is 5.97. The summed E-state index contributed by atoms with van der Waals surface area (Å²) in [5, 5.41) is 23.5. The van der Waals surface area contributed by atoms with Crippen molar-refractivity contribution < 1.29 is 19.8 Å². The Bertz CT molecular complexity index is 293. The number of carboxylic acids is 1. The van der Waals surface area contributed by atoms with E-state index in [1.54, 1.807) is 0 Å². The lowest BCUT2D eigenvalue weighted by Crippen LogP contribution is -2.55. The third-order valence-corrected chi connectivity index (χ3v) is 3.03. The molecule has 0 saturated carbocycles. The van der Waals surface area contributed by atoms with Gasteiger partial charge in [-0.05, 0) is 32.2 Å². The topological polar surface area (TPSA) is 98.7 Å². The molecule has 1 amide bonds. The summed E-state index contributed by atoms with van der Waals surface area (Å²) in [6.07, 6.45) is 0.595. The molecule has 0 spiro atoms. The van der Waals surface area contributed by atoms with Crippen LogP contribution in [0.4, 0.5) is 0 Å². The van der Waals surface area contributed by atoms with Crippen molar-refractivity contribution in [3.63, 3.8) is 0 Å². The van der Waals surface area contributed by atoms with E-state index in [9.17, 15) is 14.7 Å². The van der Waals surface area contributed by atoms with Crippen molar-refractivity contribution in [3.8, 4) is 0 Å².